The topological polar surface area (TPSA) is 47.3 Å². The van der Waals surface area contributed by atoms with E-state index in [-0.39, 0.29) is 11.1 Å². The van der Waals surface area contributed by atoms with Crippen LogP contribution in [-0.4, -0.2) is 30.8 Å². The van der Waals surface area contributed by atoms with Crippen LogP contribution in [0.5, 0.6) is 0 Å². The van der Waals surface area contributed by atoms with Crippen LogP contribution in [0.15, 0.2) is 0 Å². The van der Waals surface area contributed by atoms with Gasteiger partial charge < -0.3 is 15.8 Å². The summed E-state index contributed by atoms with van der Waals surface area (Å²) in [5.41, 5.74) is 6.16. The van der Waals surface area contributed by atoms with Gasteiger partial charge in [0.1, 0.15) is 0 Å². The molecule has 0 spiro atoms. The fraction of sp³-hybridized carbons (Fsp3) is 1.00. The number of nitrogens with one attached hydrogen (secondary N) is 1. The molecule has 1 heterocycles. The van der Waals surface area contributed by atoms with Crippen molar-refractivity contribution in [1.82, 2.24) is 5.32 Å². The Morgan fingerprint density at radius 2 is 1.94 bits per heavy atom. The molecule has 0 aromatic carbocycles. The molecule has 3 heteroatoms. The van der Waals surface area contributed by atoms with Gasteiger partial charge in [0, 0.05) is 25.2 Å². The maximum atomic E-state index is 6.00. The Bertz CT molecular complexity index is 206. The molecule has 1 atom stereocenters. The molecular weight excluding hydrogens is 212 g/mol. The maximum Gasteiger partial charge on any atom is 0.0779 e. The fourth-order valence-electron chi connectivity index (χ4n) is 2.89. The third-order valence-electron chi connectivity index (χ3n) is 3.99. The molecule has 17 heavy (non-hydrogen) atoms. The van der Waals surface area contributed by atoms with Crippen molar-refractivity contribution in [2.24, 2.45) is 5.73 Å². The first-order valence-corrected chi connectivity index (χ1v) is 7.19. The quantitative estimate of drug-likeness (QED) is 0.687. The third kappa shape index (κ3) is 4.23. The normalized spacial score (nSPS) is 25.4. The zero-order chi connectivity index (χ0) is 12.8. The molecule has 3 N–H and O–H groups in total. The maximum absolute atomic E-state index is 6.00. The van der Waals surface area contributed by atoms with Gasteiger partial charge in [-0.2, -0.15) is 0 Å². The molecule has 0 aromatic rings. The Kier molecular flexibility index (Phi) is 5.90. The summed E-state index contributed by atoms with van der Waals surface area (Å²) in [4.78, 5) is 0. The van der Waals surface area contributed by atoms with Crippen molar-refractivity contribution in [3.63, 3.8) is 0 Å². The van der Waals surface area contributed by atoms with E-state index in [9.17, 15) is 0 Å². The lowest BCUT2D eigenvalue weighted by Gasteiger charge is -2.37. The van der Waals surface area contributed by atoms with Crippen LogP contribution >= 0.6 is 0 Å². The summed E-state index contributed by atoms with van der Waals surface area (Å²) in [6.45, 7) is 9.25. The van der Waals surface area contributed by atoms with Gasteiger partial charge >= 0.3 is 0 Å². The Balaban J connectivity index is 2.52. The SMILES string of the molecule is CCCC(CN)(CCC)NCC1(C)CCCO1. The molecule has 1 fully saturated rings. The largest absolute Gasteiger partial charge is 0.374 e. The molecular formula is C14H30N2O. The van der Waals surface area contributed by atoms with Gasteiger partial charge in [-0.05, 0) is 32.6 Å². The van der Waals surface area contributed by atoms with Crippen molar-refractivity contribution in [2.45, 2.75) is 70.4 Å². The molecule has 3 nitrogen and oxygen atoms in total. The van der Waals surface area contributed by atoms with E-state index in [1.807, 2.05) is 0 Å². The lowest BCUT2D eigenvalue weighted by Crippen LogP contribution is -2.55. The molecule has 1 aliphatic heterocycles. The number of hydrogen-bond donors (Lipinski definition) is 2. The zero-order valence-electron chi connectivity index (χ0n) is 11.8. The van der Waals surface area contributed by atoms with Crippen molar-refractivity contribution in [2.75, 3.05) is 19.7 Å². The predicted octanol–water partition coefficient (Wildman–Crippen LogP) is 2.44. The smallest absolute Gasteiger partial charge is 0.0779 e. The number of rotatable bonds is 8. The van der Waals surface area contributed by atoms with Crippen LogP contribution in [-0.2, 0) is 4.74 Å². The molecule has 1 saturated heterocycles. The van der Waals surface area contributed by atoms with Crippen molar-refractivity contribution in [1.29, 1.82) is 0 Å². The third-order valence-corrected chi connectivity index (χ3v) is 3.99. The lowest BCUT2D eigenvalue weighted by molar-refractivity contribution is 0.0131. The summed E-state index contributed by atoms with van der Waals surface area (Å²) in [7, 11) is 0. The Hall–Kier alpha value is -0.120. The minimum atomic E-state index is 0.0297. The molecule has 0 bridgehead atoms. The van der Waals surface area contributed by atoms with Gasteiger partial charge in [-0.25, -0.2) is 0 Å². The van der Waals surface area contributed by atoms with Gasteiger partial charge in [0.2, 0.25) is 0 Å². The molecule has 0 aliphatic carbocycles. The van der Waals surface area contributed by atoms with Crippen molar-refractivity contribution >= 4 is 0 Å². The van der Waals surface area contributed by atoms with Gasteiger partial charge in [0.15, 0.2) is 0 Å². The van der Waals surface area contributed by atoms with E-state index in [4.69, 9.17) is 10.5 Å². The number of nitrogens with two attached hydrogens (primary N) is 1. The standard InChI is InChI=1S/C14H30N2O/c1-4-7-14(11-15,8-5-2)16-12-13(3)9-6-10-17-13/h16H,4-12,15H2,1-3H3. The van der Waals surface area contributed by atoms with Gasteiger partial charge in [-0.3, -0.25) is 0 Å². The fourth-order valence-corrected chi connectivity index (χ4v) is 2.89. The van der Waals surface area contributed by atoms with E-state index in [2.05, 4.69) is 26.1 Å². The zero-order valence-corrected chi connectivity index (χ0v) is 11.8. The Morgan fingerprint density at radius 3 is 2.35 bits per heavy atom. The number of ether oxygens (including phenoxy) is 1. The van der Waals surface area contributed by atoms with E-state index in [1.165, 1.54) is 25.7 Å². The second kappa shape index (κ2) is 6.72. The molecule has 1 aliphatic rings. The Labute approximate surface area is 106 Å². The van der Waals surface area contributed by atoms with E-state index < -0.39 is 0 Å². The van der Waals surface area contributed by atoms with E-state index in [0.717, 1.165) is 32.5 Å². The minimum absolute atomic E-state index is 0.0297. The van der Waals surface area contributed by atoms with Crippen LogP contribution in [0.3, 0.4) is 0 Å². The molecule has 0 radical (unpaired) electrons. The molecule has 0 saturated carbocycles. The molecule has 0 aromatic heterocycles. The molecule has 1 unspecified atom stereocenters. The lowest BCUT2D eigenvalue weighted by atomic mass is 9.87. The van der Waals surface area contributed by atoms with Gasteiger partial charge in [0.25, 0.3) is 0 Å². The minimum Gasteiger partial charge on any atom is -0.374 e. The van der Waals surface area contributed by atoms with E-state index >= 15 is 0 Å². The Morgan fingerprint density at radius 1 is 1.29 bits per heavy atom. The average Bonchev–Trinajstić information content (AvgIpc) is 2.74. The highest BCUT2D eigenvalue weighted by Gasteiger charge is 2.34. The highest BCUT2D eigenvalue weighted by atomic mass is 16.5. The van der Waals surface area contributed by atoms with E-state index in [0.29, 0.717) is 0 Å². The highest BCUT2D eigenvalue weighted by Crippen LogP contribution is 2.26. The van der Waals surface area contributed by atoms with Crippen LogP contribution < -0.4 is 11.1 Å². The summed E-state index contributed by atoms with van der Waals surface area (Å²) < 4.78 is 5.83. The summed E-state index contributed by atoms with van der Waals surface area (Å²) >= 11 is 0. The van der Waals surface area contributed by atoms with Crippen molar-refractivity contribution < 1.29 is 4.74 Å². The van der Waals surface area contributed by atoms with Crippen molar-refractivity contribution in [3.8, 4) is 0 Å². The molecule has 1 rings (SSSR count). The van der Waals surface area contributed by atoms with Crippen LogP contribution in [0.4, 0.5) is 0 Å². The summed E-state index contributed by atoms with van der Waals surface area (Å²) in [6, 6.07) is 0. The average molecular weight is 242 g/mol. The highest BCUT2D eigenvalue weighted by molar-refractivity contribution is 4.92. The first-order valence-electron chi connectivity index (χ1n) is 7.19. The molecule has 102 valence electrons. The second-order valence-electron chi connectivity index (χ2n) is 5.74. The van der Waals surface area contributed by atoms with Crippen LogP contribution in [0, 0.1) is 0 Å². The van der Waals surface area contributed by atoms with Gasteiger partial charge in [-0.1, -0.05) is 26.7 Å². The van der Waals surface area contributed by atoms with Crippen LogP contribution in [0.1, 0.15) is 59.3 Å². The predicted molar refractivity (Wildman–Crippen MR) is 73.2 cm³/mol. The summed E-state index contributed by atoms with van der Waals surface area (Å²) in [5, 5.41) is 3.72. The molecule has 0 amide bonds. The van der Waals surface area contributed by atoms with Crippen LogP contribution in [0.25, 0.3) is 0 Å². The summed E-state index contributed by atoms with van der Waals surface area (Å²) in [6.07, 6.45) is 7.04. The summed E-state index contributed by atoms with van der Waals surface area (Å²) in [5.74, 6) is 0. The first-order chi connectivity index (χ1) is 8.10. The van der Waals surface area contributed by atoms with Gasteiger partial charge in [-0.15, -0.1) is 0 Å². The first kappa shape index (κ1) is 14.9. The van der Waals surface area contributed by atoms with Crippen molar-refractivity contribution in [3.05, 3.63) is 0 Å². The van der Waals surface area contributed by atoms with Gasteiger partial charge in [0.05, 0.1) is 5.60 Å². The monoisotopic (exact) mass is 242 g/mol. The second-order valence-corrected chi connectivity index (χ2v) is 5.74. The van der Waals surface area contributed by atoms with E-state index in [1.54, 1.807) is 0 Å². The number of hydrogen-bond acceptors (Lipinski definition) is 3. The van der Waals surface area contributed by atoms with Crippen LogP contribution in [0.2, 0.25) is 0 Å².